The summed E-state index contributed by atoms with van der Waals surface area (Å²) in [5, 5.41) is 11.9. The number of benzene rings is 2. The Morgan fingerprint density at radius 1 is 1.07 bits per heavy atom. The monoisotopic (exact) mass is 432 g/mol. The van der Waals surface area contributed by atoms with Crippen molar-refractivity contribution in [2.45, 2.75) is 36.6 Å². The third-order valence-electron chi connectivity index (χ3n) is 4.70. The van der Waals surface area contributed by atoms with Crippen molar-refractivity contribution >= 4 is 23.4 Å². The molecule has 0 unspecified atom stereocenters. The van der Waals surface area contributed by atoms with Crippen LogP contribution in [0.4, 0.5) is 18.9 Å². The fourth-order valence-electron chi connectivity index (χ4n) is 3.03. The standard InChI is InChI=1S/C21H19F3N4OS/c22-21(23,24)16-8-10-17(11-9-16)25-18(29)13-30-20-27-26-19(15-6-7-15)28(20)12-14-4-2-1-3-5-14/h1-5,8-11,15H,6-7,12-13H2,(H,25,29). The molecular weight excluding hydrogens is 413 g/mol. The maximum atomic E-state index is 12.6. The Kier molecular flexibility index (Phi) is 5.80. The Morgan fingerprint density at radius 2 is 1.77 bits per heavy atom. The van der Waals surface area contributed by atoms with Gasteiger partial charge in [0, 0.05) is 11.6 Å². The molecule has 9 heteroatoms. The van der Waals surface area contributed by atoms with E-state index in [9.17, 15) is 18.0 Å². The molecule has 0 saturated heterocycles. The van der Waals surface area contributed by atoms with E-state index >= 15 is 0 Å². The minimum Gasteiger partial charge on any atom is -0.325 e. The summed E-state index contributed by atoms with van der Waals surface area (Å²) < 4.78 is 40.0. The fourth-order valence-corrected chi connectivity index (χ4v) is 3.78. The molecule has 3 aromatic rings. The van der Waals surface area contributed by atoms with Crippen molar-refractivity contribution in [2.24, 2.45) is 0 Å². The van der Waals surface area contributed by atoms with Gasteiger partial charge in [-0.15, -0.1) is 10.2 Å². The maximum Gasteiger partial charge on any atom is 0.416 e. The van der Waals surface area contributed by atoms with E-state index in [1.807, 2.05) is 34.9 Å². The van der Waals surface area contributed by atoms with Gasteiger partial charge in [0.1, 0.15) is 5.82 Å². The molecule has 2 aromatic carbocycles. The smallest absolute Gasteiger partial charge is 0.325 e. The molecule has 1 heterocycles. The maximum absolute atomic E-state index is 12.6. The van der Waals surface area contributed by atoms with Gasteiger partial charge < -0.3 is 9.88 Å². The highest BCUT2D eigenvalue weighted by atomic mass is 32.2. The molecule has 30 heavy (non-hydrogen) atoms. The number of nitrogens with one attached hydrogen (secondary N) is 1. The summed E-state index contributed by atoms with van der Waals surface area (Å²) in [4.78, 5) is 12.3. The van der Waals surface area contributed by atoms with Crippen molar-refractivity contribution in [3.05, 3.63) is 71.5 Å². The van der Waals surface area contributed by atoms with Gasteiger partial charge in [0.2, 0.25) is 5.91 Å². The largest absolute Gasteiger partial charge is 0.416 e. The fraction of sp³-hybridized carbons (Fsp3) is 0.286. The van der Waals surface area contributed by atoms with Gasteiger partial charge in [-0.25, -0.2) is 0 Å². The van der Waals surface area contributed by atoms with Crippen molar-refractivity contribution in [3.63, 3.8) is 0 Å². The Labute approximate surface area is 175 Å². The zero-order valence-corrected chi connectivity index (χ0v) is 16.7. The van der Waals surface area contributed by atoms with Crippen LogP contribution in [0.2, 0.25) is 0 Å². The summed E-state index contributed by atoms with van der Waals surface area (Å²) in [6, 6.07) is 14.3. The van der Waals surface area contributed by atoms with Crippen LogP contribution < -0.4 is 5.32 Å². The number of alkyl halides is 3. The molecule has 1 aliphatic carbocycles. The van der Waals surface area contributed by atoms with E-state index in [2.05, 4.69) is 15.5 Å². The minimum atomic E-state index is -4.40. The van der Waals surface area contributed by atoms with Gasteiger partial charge >= 0.3 is 6.18 Å². The molecule has 4 rings (SSSR count). The predicted octanol–water partition coefficient (Wildman–Crippen LogP) is 4.95. The number of nitrogens with zero attached hydrogens (tertiary/aromatic N) is 3. The minimum absolute atomic E-state index is 0.0820. The molecule has 0 radical (unpaired) electrons. The van der Waals surface area contributed by atoms with Gasteiger partial charge in [-0.05, 0) is 42.7 Å². The van der Waals surface area contributed by atoms with Crippen LogP contribution in [0.3, 0.4) is 0 Å². The van der Waals surface area contributed by atoms with Crippen LogP contribution in [0.25, 0.3) is 0 Å². The summed E-state index contributed by atoms with van der Waals surface area (Å²) in [5.41, 5.74) is 0.685. The Bertz CT molecular complexity index is 1010. The van der Waals surface area contributed by atoms with Crippen LogP contribution in [0.1, 0.15) is 35.7 Å². The highest BCUT2D eigenvalue weighted by molar-refractivity contribution is 7.99. The van der Waals surface area contributed by atoms with E-state index in [4.69, 9.17) is 0 Å². The topological polar surface area (TPSA) is 59.8 Å². The molecule has 1 amide bonds. The number of hydrogen-bond donors (Lipinski definition) is 1. The lowest BCUT2D eigenvalue weighted by atomic mass is 10.2. The lowest BCUT2D eigenvalue weighted by molar-refractivity contribution is -0.137. The number of amides is 1. The number of halogens is 3. The van der Waals surface area contributed by atoms with E-state index in [0.29, 0.717) is 23.3 Å². The predicted molar refractivity (Wildman–Crippen MR) is 108 cm³/mol. The number of rotatable bonds is 7. The zero-order valence-electron chi connectivity index (χ0n) is 15.9. The molecule has 0 spiro atoms. The molecule has 1 N–H and O–H groups in total. The summed E-state index contributed by atoms with van der Waals surface area (Å²) in [6.45, 7) is 0.628. The molecule has 1 aliphatic rings. The first-order valence-electron chi connectivity index (χ1n) is 9.47. The third kappa shape index (κ3) is 5.02. The summed E-state index contributed by atoms with van der Waals surface area (Å²) in [7, 11) is 0. The van der Waals surface area contributed by atoms with E-state index < -0.39 is 11.7 Å². The Morgan fingerprint density at radius 3 is 2.40 bits per heavy atom. The van der Waals surface area contributed by atoms with E-state index in [0.717, 1.165) is 36.4 Å². The normalized spacial score (nSPS) is 14.0. The molecular formula is C21H19F3N4OS. The Balaban J connectivity index is 1.40. The van der Waals surface area contributed by atoms with Crippen molar-refractivity contribution in [2.75, 3.05) is 11.1 Å². The quantitative estimate of drug-likeness (QED) is 0.537. The molecule has 1 fully saturated rings. The van der Waals surface area contributed by atoms with Crippen LogP contribution in [0.5, 0.6) is 0 Å². The molecule has 156 valence electrons. The van der Waals surface area contributed by atoms with E-state index in [1.54, 1.807) is 0 Å². The second kappa shape index (κ2) is 8.51. The van der Waals surface area contributed by atoms with Gasteiger partial charge in [0.05, 0.1) is 17.9 Å². The zero-order chi connectivity index (χ0) is 21.1. The molecule has 0 bridgehead atoms. The van der Waals surface area contributed by atoms with E-state index in [-0.39, 0.29) is 11.7 Å². The molecule has 0 atom stereocenters. The van der Waals surface area contributed by atoms with Gasteiger partial charge in [0.15, 0.2) is 5.16 Å². The average molecular weight is 432 g/mol. The number of anilines is 1. The number of carbonyl (C=O) groups excluding carboxylic acids is 1. The third-order valence-corrected chi connectivity index (χ3v) is 5.67. The first-order chi connectivity index (χ1) is 14.4. The summed E-state index contributed by atoms with van der Waals surface area (Å²) >= 11 is 1.26. The molecule has 5 nitrogen and oxygen atoms in total. The van der Waals surface area contributed by atoms with Crippen LogP contribution >= 0.6 is 11.8 Å². The average Bonchev–Trinajstić information content (AvgIpc) is 3.49. The van der Waals surface area contributed by atoms with Crippen molar-refractivity contribution in [3.8, 4) is 0 Å². The van der Waals surface area contributed by atoms with Gasteiger partial charge in [0.25, 0.3) is 0 Å². The van der Waals surface area contributed by atoms with Crippen LogP contribution in [-0.4, -0.2) is 26.4 Å². The number of hydrogen-bond acceptors (Lipinski definition) is 4. The first-order valence-corrected chi connectivity index (χ1v) is 10.5. The van der Waals surface area contributed by atoms with Crippen LogP contribution in [-0.2, 0) is 17.5 Å². The second-order valence-electron chi connectivity index (χ2n) is 7.10. The number of thioether (sulfide) groups is 1. The van der Waals surface area contributed by atoms with Crippen LogP contribution in [0.15, 0.2) is 59.8 Å². The Hall–Kier alpha value is -2.81. The van der Waals surface area contributed by atoms with Gasteiger partial charge in [-0.3, -0.25) is 4.79 Å². The molecule has 1 saturated carbocycles. The van der Waals surface area contributed by atoms with Crippen molar-refractivity contribution < 1.29 is 18.0 Å². The summed E-state index contributed by atoms with van der Waals surface area (Å²) in [5.74, 6) is 1.11. The molecule has 0 aliphatic heterocycles. The number of carbonyl (C=O) groups is 1. The highest BCUT2D eigenvalue weighted by Gasteiger charge is 2.31. The lowest BCUT2D eigenvalue weighted by Crippen LogP contribution is -2.15. The van der Waals surface area contributed by atoms with Crippen molar-refractivity contribution in [1.29, 1.82) is 0 Å². The van der Waals surface area contributed by atoms with Crippen LogP contribution in [0, 0.1) is 0 Å². The lowest BCUT2D eigenvalue weighted by Gasteiger charge is -2.11. The highest BCUT2D eigenvalue weighted by Crippen LogP contribution is 2.40. The first kappa shape index (κ1) is 20.5. The van der Waals surface area contributed by atoms with Crippen molar-refractivity contribution in [1.82, 2.24) is 14.8 Å². The second-order valence-corrected chi connectivity index (χ2v) is 8.04. The van der Waals surface area contributed by atoms with Gasteiger partial charge in [-0.2, -0.15) is 13.2 Å². The summed E-state index contributed by atoms with van der Waals surface area (Å²) in [6.07, 6.45) is -2.22. The van der Waals surface area contributed by atoms with Gasteiger partial charge in [-0.1, -0.05) is 42.1 Å². The number of aromatic nitrogens is 3. The molecule has 1 aromatic heterocycles. The van der Waals surface area contributed by atoms with E-state index in [1.165, 1.54) is 23.9 Å². The SMILES string of the molecule is O=C(CSc1nnc(C2CC2)n1Cc1ccccc1)Nc1ccc(C(F)(F)F)cc1.